The minimum atomic E-state index is 0.210. The number of rotatable bonds is 6. The van der Waals surface area contributed by atoms with E-state index in [0.717, 1.165) is 31.9 Å². The first kappa shape index (κ1) is 14.9. The van der Waals surface area contributed by atoms with Crippen molar-refractivity contribution in [3.05, 3.63) is 24.2 Å². The summed E-state index contributed by atoms with van der Waals surface area (Å²) in [4.78, 5) is 9.10. The van der Waals surface area contributed by atoms with Crippen LogP contribution in [0.1, 0.15) is 38.5 Å². The predicted octanol–water partition coefficient (Wildman–Crippen LogP) is 2.07. The molecule has 2 rings (SSSR count). The molecule has 1 unspecified atom stereocenters. The van der Waals surface area contributed by atoms with Gasteiger partial charge in [-0.05, 0) is 51.9 Å². The number of hydrogen-bond acceptors (Lipinski definition) is 3. The van der Waals surface area contributed by atoms with Crippen molar-refractivity contribution in [2.75, 3.05) is 32.7 Å². The maximum absolute atomic E-state index is 6.07. The van der Waals surface area contributed by atoms with Gasteiger partial charge in [0, 0.05) is 13.1 Å². The molecule has 1 saturated heterocycles. The van der Waals surface area contributed by atoms with Crippen molar-refractivity contribution in [3.63, 3.8) is 0 Å². The van der Waals surface area contributed by atoms with Crippen molar-refractivity contribution < 1.29 is 4.42 Å². The second kappa shape index (κ2) is 7.33. The second-order valence-electron chi connectivity index (χ2n) is 5.15. The van der Waals surface area contributed by atoms with Crippen LogP contribution in [0.3, 0.4) is 0 Å². The minimum Gasteiger partial charge on any atom is -0.468 e. The molecule has 1 aromatic rings. The van der Waals surface area contributed by atoms with E-state index in [1.807, 2.05) is 12.1 Å². The summed E-state index contributed by atoms with van der Waals surface area (Å²) in [6.45, 7) is 8.86. The number of likely N-dealkylation sites (tertiary alicyclic amines) is 1. The van der Waals surface area contributed by atoms with Gasteiger partial charge >= 0.3 is 0 Å². The maximum Gasteiger partial charge on any atom is 0.191 e. The van der Waals surface area contributed by atoms with Crippen LogP contribution in [0.15, 0.2) is 27.8 Å². The molecule has 5 nitrogen and oxygen atoms in total. The Balaban J connectivity index is 2.06. The van der Waals surface area contributed by atoms with Crippen molar-refractivity contribution in [3.8, 4) is 0 Å². The molecule has 2 heterocycles. The zero-order chi connectivity index (χ0) is 14.4. The van der Waals surface area contributed by atoms with Crippen molar-refractivity contribution in [1.82, 2.24) is 9.80 Å². The molecule has 0 aliphatic carbocycles. The van der Waals surface area contributed by atoms with Gasteiger partial charge in [0.15, 0.2) is 5.96 Å². The molecule has 0 radical (unpaired) electrons. The Morgan fingerprint density at radius 1 is 1.40 bits per heavy atom. The number of nitrogens with zero attached hydrogens (tertiary/aromatic N) is 3. The topological polar surface area (TPSA) is 58.0 Å². The van der Waals surface area contributed by atoms with Crippen LogP contribution in [-0.2, 0) is 0 Å². The van der Waals surface area contributed by atoms with Gasteiger partial charge in [-0.25, -0.2) is 0 Å². The normalized spacial score (nSPS) is 18.4. The van der Waals surface area contributed by atoms with Gasteiger partial charge in [-0.1, -0.05) is 0 Å². The average Bonchev–Trinajstić information content (AvgIpc) is 3.13. The van der Waals surface area contributed by atoms with Crippen LogP contribution in [0.2, 0.25) is 0 Å². The van der Waals surface area contributed by atoms with E-state index >= 15 is 0 Å². The van der Waals surface area contributed by atoms with Crippen LogP contribution < -0.4 is 5.73 Å². The molecule has 0 saturated carbocycles. The third-order valence-electron chi connectivity index (χ3n) is 3.97. The van der Waals surface area contributed by atoms with Crippen molar-refractivity contribution in [2.45, 2.75) is 32.7 Å². The molecule has 1 aliphatic heterocycles. The number of aliphatic imine (C=N–C) groups is 1. The summed E-state index contributed by atoms with van der Waals surface area (Å²) in [7, 11) is 0. The van der Waals surface area contributed by atoms with Gasteiger partial charge in [-0.2, -0.15) is 0 Å². The van der Waals surface area contributed by atoms with Crippen molar-refractivity contribution in [1.29, 1.82) is 0 Å². The van der Waals surface area contributed by atoms with E-state index in [9.17, 15) is 0 Å². The third-order valence-corrected chi connectivity index (χ3v) is 3.97. The number of hydrogen-bond donors (Lipinski definition) is 1. The fourth-order valence-corrected chi connectivity index (χ4v) is 2.75. The predicted molar refractivity (Wildman–Crippen MR) is 81.7 cm³/mol. The lowest BCUT2D eigenvalue weighted by Gasteiger charge is -2.25. The molecular formula is C15H26N4O. The van der Waals surface area contributed by atoms with E-state index in [-0.39, 0.29) is 6.04 Å². The maximum atomic E-state index is 6.07. The van der Waals surface area contributed by atoms with Gasteiger partial charge in [0.05, 0.1) is 18.8 Å². The summed E-state index contributed by atoms with van der Waals surface area (Å²) in [6.07, 6.45) is 4.24. The third kappa shape index (κ3) is 3.54. The molecule has 20 heavy (non-hydrogen) atoms. The summed E-state index contributed by atoms with van der Waals surface area (Å²) < 4.78 is 5.59. The summed E-state index contributed by atoms with van der Waals surface area (Å²) in [5.41, 5.74) is 6.07. The van der Waals surface area contributed by atoms with E-state index < -0.39 is 0 Å². The van der Waals surface area contributed by atoms with Gasteiger partial charge in [-0.3, -0.25) is 9.89 Å². The molecule has 112 valence electrons. The lowest BCUT2D eigenvalue weighted by Crippen LogP contribution is -2.38. The first-order chi connectivity index (χ1) is 9.76. The molecular weight excluding hydrogens is 252 g/mol. The summed E-state index contributed by atoms with van der Waals surface area (Å²) in [5, 5.41) is 0. The lowest BCUT2D eigenvalue weighted by atomic mass is 10.2. The van der Waals surface area contributed by atoms with E-state index in [0.29, 0.717) is 12.5 Å². The summed E-state index contributed by atoms with van der Waals surface area (Å²) in [6, 6.07) is 4.18. The highest BCUT2D eigenvalue weighted by Gasteiger charge is 2.25. The first-order valence-electron chi connectivity index (χ1n) is 7.58. The average molecular weight is 278 g/mol. The fraction of sp³-hybridized carbons (Fsp3) is 0.667. The van der Waals surface area contributed by atoms with Crippen LogP contribution >= 0.6 is 0 Å². The van der Waals surface area contributed by atoms with Gasteiger partial charge in [0.1, 0.15) is 5.76 Å². The molecule has 1 aliphatic rings. The highest BCUT2D eigenvalue weighted by molar-refractivity contribution is 5.78. The zero-order valence-corrected chi connectivity index (χ0v) is 12.6. The number of furan rings is 1. The van der Waals surface area contributed by atoms with Gasteiger partial charge < -0.3 is 15.1 Å². The van der Waals surface area contributed by atoms with Gasteiger partial charge in [0.25, 0.3) is 0 Å². The molecule has 2 N–H and O–H groups in total. The molecule has 0 spiro atoms. The number of guanidine groups is 1. The largest absolute Gasteiger partial charge is 0.468 e. The molecule has 1 aromatic heterocycles. The monoisotopic (exact) mass is 278 g/mol. The molecule has 1 atom stereocenters. The van der Waals surface area contributed by atoms with Crippen LogP contribution in [0.5, 0.6) is 0 Å². The van der Waals surface area contributed by atoms with E-state index in [1.165, 1.54) is 12.8 Å². The first-order valence-corrected chi connectivity index (χ1v) is 7.58. The van der Waals surface area contributed by atoms with Crippen molar-refractivity contribution in [2.24, 2.45) is 10.7 Å². The highest BCUT2D eigenvalue weighted by atomic mass is 16.3. The molecule has 0 amide bonds. The van der Waals surface area contributed by atoms with Gasteiger partial charge in [0.2, 0.25) is 0 Å². The highest BCUT2D eigenvalue weighted by Crippen LogP contribution is 2.25. The Hall–Kier alpha value is -1.49. The zero-order valence-electron chi connectivity index (χ0n) is 12.6. The Labute approximate surface area is 121 Å². The summed E-state index contributed by atoms with van der Waals surface area (Å²) in [5.74, 6) is 1.62. The quantitative estimate of drug-likeness (QED) is 0.639. The van der Waals surface area contributed by atoms with Crippen LogP contribution in [0.25, 0.3) is 0 Å². The number of nitrogens with two attached hydrogens (primary N) is 1. The van der Waals surface area contributed by atoms with Gasteiger partial charge in [-0.15, -0.1) is 0 Å². The van der Waals surface area contributed by atoms with Crippen molar-refractivity contribution >= 4 is 5.96 Å². The Morgan fingerprint density at radius 3 is 2.65 bits per heavy atom. The molecule has 5 heteroatoms. The minimum absolute atomic E-state index is 0.210. The molecule has 0 bridgehead atoms. The molecule has 0 aromatic carbocycles. The van der Waals surface area contributed by atoms with E-state index in [1.54, 1.807) is 6.26 Å². The van der Waals surface area contributed by atoms with Crippen LogP contribution in [0.4, 0.5) is 0 Å². The standard InChI is InChI=1S/C15H26N4O/c1-3-18(4-2)15(16)17-12-13(14-8-7-11-20-14)19-9-5-6-10-19/h7-8,11,13H,3-6,9-10,12H2,1-2H3,(H2,16,17). The summed E-state index contributed by atoms with van der Waals surface area (Å²) >= 11 is 0. The Morgan fingerprint density at radius 2 is 2.10 bits per heavy atom. The Bertz CT molecular complexity index is 406. The molecule has 1 fully saturated rings. The van der Waals surface area contributed by atoms with E-state index in [2.05, 4.69) is 28.6 Å². The Kier molecular flexibility index (Phi) is 5.47. The lowest BCUT2D eigenvalue weighted by molar-refractivity contribution is 0.220. The second-order valence-corrected chi connectivity index (χ2v) is 5.15. The van der Waals surface area contributed by atoms with Crippen LogP contribution in [0, 0.1) is 0 Å². The SMILES string of the molecule is CCN(CC)C(N)=NCC(c1ccco1)N1CCCC1. The van der Waals surface area contributed by atoms with E-state index in [4.69, 9.17) is 10.2 Å². The fourth-order valence-electron chi connectivity index (χ4n) is 2.75. The van der Waals surface area contributed by atoms with Crippen LogP contribution in [-0.4, -0.2) is 48.5 Å². The smallest absolute Gasteiger partial charge is 0.191 e.